The Bertz CT molecular complexity index is 317. The number of benzene rings is 1. The third-order valence-corrected chi connectivity index (χ3v) is 2.53. The largest absolute Gasteiger partial charge is 0.374 e. The maximum absolute atomic E-state index is 5.80. The first-order chi connectivity index (χ1) is 5.74. The third-order valence-electron chi connectivity index (χ3n) is 1.31. The highest BCUT2D eigenvalue weighted by molar-refractivity contribution is 9.10. The van der Waals surface area contributed by atoms with E-state index in [1.165, 1.54) is 0 Å². The third kappa shape index (κ3) is 2.44. The maximum Gasteiger partial charge on any atom is 0.0763 e. The SMILES string of the molecule is C#CCNc1ccc(Cl)c(Br)c1. The normalized spacial score (nSPS) is 9.08. The van der Waals surface area contributed by atoms with Gasteiger partial charge in [-0.2, -0.15) is 0 Å². The molecule has 1 nitrogen and oxygen atoms in total. The summed E-state index contributed by atoms with van der Waals surface area (Å²) in [4.78, 5) is 0. The number of anilines is 1. The molecule has 0 bridgehead atoms. The second kappa shape index (κ2) is 4.39. The van der Waals surface area contributed by atoms with Crippen LogP contribution in [0.5, 0.6) is 0 Å². The van der Waals surface area contributed by atoms with Crippen molar-refractivity contribution in [3.8, 4) is 12.3 Å². The van der Waals surface area contributed by atoms with Crippen LogP contribution in [0.15, 0.2) is 22.7 Å². The summed E-state index contributed by atoms with van der Waals surface area (Å²) in [5.41, 5.74) is 0.962. The first-order valence-electron chi connectivity index (χ1n) is 3.36. The van der Waals surface area contributed by atoms with Crippen LogP contribution in [0.25, 0.3) is 0 Å². The van der Waals surface area contributed by atoms with Crippen LogP contribution >= 0.6 is 27.5 Å². The molecule has 0 unspecified atom stereocenters. The minimum absolute atomic E-state index is 0.522. The van der Waals surface area contributed by atoms with Crippen molar-refractivity contribution < 1.29 is 0 Å². The van der Waals surface area contributed by atoms with Gasteiger partial charge in [0.25, 0.3) is 0 Å². The van der Waals surface area contributed by atoms with E-state index in [1.54, 1.807) is 0 Å². The van der Waals surface area contributed by atoms with Gasteiger partial charge in [0.15, 0.2) is 0 Å². The molecule has 0 aliphatic carbocycles. The Labute approximate surface area is 85.2 Å². The fourth-order valence-corrected chi connectivity index (χ4v) is 1.26. The molecule has 12 heavy (non-hydrogen) atoms. The van der Waals surface area contributed by atoms with E-state index in [-0.39, 0.29) is 0 Å². The van der Waals surface area contributed by atoms with Crippen LogP contribution < -0.4 is 5.32 Å². The molecule has 0 amide bonds. The second-order valence-electron chi connectivity index (χ2n) is 2.19. The Balaban J connectivity index is 2.77. The van der Waals surface area contributed by atoms with E-state index in [2.05, 4.69) is 27.2 Å². The predicted molar refractivity (Wildman–Crippen MR) is 56.5 cm³/mol. The standard InChI is InChI=1S/C9H7BrClN/c1-2-5-12-7-3-4-9(11)8(10)6-7/h1,3-4,6,12H,5H2. The summed E-state index contributed by atoms with van der Waals surface area (Å²) in [7, 11) is 0. The van der Waals surface area contributed by atoms with Gasteiger partial charge in [-0.25, -0.2) is 0 Å². The molecule has 1 N–H and O–H groups in total. The lowest BCUT2D eigenvalue weighted by Gasteiger charge is -2.03. The number of nitrogens with one attached hydrogen (secondary N) is 1. The van der Waals surface area contributed by atoms with Gasteiger partial charge in [0.1, 0.15) is 0 Å². The van der Waals surface area contributed by atoms with E-state index in [4.69, 9.17) is 18.0 Å². The summed E-state index contributed by atoms with van der Waals surface area (Å²) in [5.74, 6) is 2.49. The number of terminal acetylenes is 1. The van der Waals surface area contributed by atoms with E-state index >= 15 is 0 Å². The Morgan fingerprint density at radius 2 is 2.33 bits per heavy atom. The second-order valence-corrected chi connectivity index (χ2v) is 3.45. The van der Waals surface area contributed by atoms with Crippen LogP contribution in [0, 0.1) is 12.3 Å². The first-order valence-corrected chi connectivity index (χ1v) is 4.53. The van der Waals surface area contributed by atoms with Gasteiger partial charge in [0, 0.05) is 10.2 Å². The smallest absolute Gasteiger partial charge is 0.0763 e. The highest BCUT2D eigenvalue weighted by Crippen LogP contribution is 2.25. The molecule has 0 saturated carbocycles. The van der Waals surface area contributed by atoms with Gasteiger partial charge in [-0.15, -0.1) is 6.42 Å². The summed E-state index contributed by atoms with van der Waals surface area (Å²) in [6, 6.07) is 5.58. The molecular weight excluding hydrogens is 237 g/mol. The summed E-state index contributed by atoms with van der Waals surface area (Å²) in [5, 5.41) is 3.73. The summed E-state index contributed by atoms with van der Waals surface area (Å²) in [6.45, 7) is 0.522. The molecule has 0 heterocycles. The van der Waals surface area contributed by atoms with Crippen LogP contribution in [0.4, 0.5) is 5.69 Å². The van der Waals surface area contributed by atoms with Crippen LogP contribution in [0.2, 0.25) is 5.02 Å². The summed E-state index contributed by atoms with van der Waals surface area (Å²) < 4.78 is 0.867. The molecule has 0 atom stereocenters. The molecule has 0 saturated heterocycles. The number of rotatable bonds is 2. The first kappa shape index (κ1) is 9.44. The molecular formula is C9H7BrClN. The molecule has 0 aliphatic rings. The molecule has 0 fully saturated rings. The fourth-order valence-electron chi connectivity index (χ4n) is 0.759. The topological polar surface area (TPSA) is 12.0 Å². The number of hydrogen-bond donors (Lipinski definition) is 1. The minimum atomic E-state index is 0.522. The molecule has 1 aromatic carbocycles. The molecule has 0 aliphatic heterocycles. The van der Waals surface area contributed by atoms with Crippen molar-refractivity contribution in [1.29, 1.82) is 0 Å². The van der Waals surface area contributed by atoms with Gasteiger partial charge in [-0.1, -0.05) is 17.5 Å². The van der Waals surface area contributed by atoms with E-state index in [0.717, 1.165) is 10.2 Å². The molecule has 1 aromatic rings. The van der Waals surface area contributed by atoms with E-state index in [0.29, 0.717) is 11.6 Å². The van der Waals surface area contributed by atoms with Crippen molar-refractivity contribution in [1.82, 2.24) is 0 Å². The minimum Gasteiger partial charge on any atom is -0.374 e. The molecule has 62 valence electrons. The van der Waals surface area contributed by atoms with Crippen LogP contribution in [-0.2, 0) is 0 Å². The van der Waals surface area contributed by atoms with Crippen molar-refractivity contribution in [2.45, 2.75) is 0 Å². The Morgan fingerprint density at radius 1 is 1.58 bits per heavy atom. The van der Waals surface area contributed by atoms with E-state index in [1.807, 2.05) is 18.2 Å². The van der Waals surface area contributed by atoms with E-state index in [9.17, 15) is 0 Å². The van der Waals surface area contributed by atoms with Gasteiger partial charge < -0.3 is 5.32 Å². The lowest BCUT2D eigenvalue weighted by Crippen LogP contribution is -1.97. The van der Waals surface area contributed by atoms with Crippen LogP contribution in [0.3, 0.4) is 0 Å². The quantitative estimate of drug-likeness (QED) is 0.788. The van der Waals surface area contributed by atoms with Crippen molar-refractivity contribution in [2.24, 2.45) is 0 Å². The van der Waals surface area contributed by atoms with Crippen molar-refractivity contribution in [3.05, 3.63) is 27.7 Å². The summed E-state index contributed by atoms with van der Waals surface area (Å²) in [6.07, 6.45) is 5.09. The molecule has 0 aromatic heterocycles. The Hall–Kier alpha value is -0.650. The van der Waals surface area contributed by atoms with Crippen molar-refractivity contribution >= 4 is 33.2 Å². The predicted octanol–water partition coefficient (Wildman–Crippen LogP) is 3.15. The zero-order valence-electron chi connectivity index (χ0n) is 6.27. The fraction of sp³-hybridized carbons (Fsp3) is 0.111. The average Bonchev–Trinajstić information content (AvgIpc) is 2.07. The lowest BCUT2D eigenvalue weighted by molar-refractivity contribution is 1.38. The summed E-state index contributed by atoms with van der Waals surface area (Å²) >= 11 is 9.11. The lowest BCUT2D eigenvalue weighted by atomic mass is 10.3. The van der Waals surface area contributed by atoms with Gasteiger partial charge in [0.05, 0.1) is 11.6 Å². The van der Waals surface area contributed by atoms with Gasteiger partial charge >= 0.3 is 0 Å². The molecule has 3 heteroatoms. The van der Waals surface area contributed by atoms with Crippen molar-refractivity contribution in [2.75, 3.05) is 11.9 Å². The average molecular weight is 245 g/mol. The van der Waals surface area contributed by atoms with Crippen LogP contribution in [-0.4, -0.2) is 6.54 Å². The van der Waals surface area contributed by atoms with E-state index < -0.39 is 0 Å². The number of hydrogen-bond acceptors (Lipinski definition) is 1. The van der Waals surface area contributed by atoms with Crippen molar-refractivity contribution in [3.63, 3.8) is 0 Å². The highest BCUT2D eigenvalue weighted by Gasteiger charge is 1.96. The van der Waals surface area contributed by atoms with Gasteiger partial charge in [-0.3, -0.25) is 0 Å². The Kier molecular flexibility index (Phi) is 3.46. The molecule has 0 spiro atoms. The zero-order valence-corrected chi connectivity index (χ0v) is 8.61. The van der Waals surface area contributed by atoms with Gasteiger partial charge in [0.2, 0.25) is 0 Å². The molecule has 0 radical (unpaired) electrons. The van der Waals surface area contributed by atoms with Gasteiger partial charge in [-0.05, 0) is 34.1 Å². The number of halogens is 2. The maximum atomic E-state index is 5.80. The molecule has 1 rings (SSSR count). The Morgan fingerprint density at radius 3 is 2.92 bits per heavy atom. The van der Waals surface area contributed by atoms with Crippen LogP contribution in [0.1, 0.15) is 0 Å². The monoisotopic (exact) mass is 243 g/mol. The highest BCUT2D eigenvalue weighted by atomic mass is 79.9. The zero-order chi connectivity index (χ0) is 8.97.